The maximum absolute atomic E-state index is 6.18. The van der Waals surface area contributed by atoms with E-state index in [0.717, 1.165) is 32.3 Å². The molecular weight excluding hydrogens is 194 g/mol. The van der Waals surface area contributed by atoms with Crippen molar-refractivity contribution in [2.24, 2.45) is 5.73 Å². The lowest BCUT2D eigenvalue weighted by atomic mass is 9.93. The third kappa shape index (κ3) is 2.18. The molecule has 1 aliphatic heterocycles. The maximum atomic E-state index is 6.18. The largest absolute Gasteiger partial charge is 0.379 e. The molecule has 0 saturated carbocycles. The Hall–Kier alpha value is -0.940. The standard InChI is InChI=1S/C10H17N3O2/c1-2-4-8-12-9(13-15-8)10(11)5-3-6-14-7-10/h2-7,11H2,1H3. The van der Waals surface area contributed by atoms with E-state index in [-0.39, 0.29) is 0 Å². The summed E-state index contributed by atoms with van der Waals surface area (Å²) >= 11 is 0. The predicted octanol–water partition coefficient (Wildman–Crippen LogP) is 0.987. The zero-order chi connectivity index (χ0) is 10.7. The van der Waals surface area contributed by atoms with Crippen molar-refractivity contribution < 1.29 is 9.26 Å². The van der Waals surface area contributed by atoms with Crippen LogP contribution in [0.15, 0.2) is 4.52 Å². The van der Waals surface area contributed by atoms with Crippen molar-refractivity contribution >= 4 is 0 Å². The molecule has 1 fully saturated rings. The third-order valence-corrected chi connectivity index (χ3v) is 2.65. The Morgan fingerprint density at radius 3 is 3.07 bits per heavy atom. The second-order valence-corrected chi connectivity index (χ2v) is 4.07. The van der Waals surface area contributed by atoms with Gasteiger partial charge in [-0.2, -0.15) is 4.98 Å². The highest BCUT2D eigenvalue weighted by Gasteiger charge is 2.35. The molecule has 1 unspecified atom stereocenters. The Morgan fingerprint density at radius 2 is 2.40 bits per heavy atom. The van der Waals surface area contributed by atoms with Gasteiger partial charge in [0.15, 0.2) is 5.82 Å². The second kappa shape index (κ2) is 4.28. The van der Waals surface area contributed by atoms with Gasteiger partial charge < -0.3 is 15.0 Å². The van der Waals surface area contributed by atoms with Gasteiger partial charge in [0.05, 0.1) is 6.61 Å². The molecule has 1 atom stereocenters. The molecule has 5 heteroatoms. The first-order valence-electron chi connectivity index (χ1n) is 5.44. The van der Waals surface area contributed by atoms with Crippen molar-refractivity contribution in [3.8, 4) is 0 Å². The molecule has 5 nitrogen and oxygen atoms in total. The quantitative estimate of drug-likeness (QED) is 0.806. The van der Waals surface area contributed by atoms with Crippen LogP contribution in [0.4, 0.5) is 0 Å². The Kier molecular flexibility index (Phi) is 3.02. The third-order valence-electron chi connectivity index (χ3n) is 2.65. The van der Waals surface area contributed by atoms with Gasteiger partial charge in [-0.05, 0) is 19.3 Å². The molecule has 0 bridgehead atoms. The van der Waals surface area contributed by atoms with Crippen LogP contribution in [0.5, 0.6) is 0 Å². The van der Waals surface area contributed by atoms with Crippen molar-refractivity contribution in [2.75, 3.05) is 13.2 Å². The van der Waals surface area contributed by atoms with Crippen molar-refractivity contribution in [3.63, 3.8) is 0 Å². The molecule has 0 amide bonds. The van der Waals surface area contributed by atoms with E-state index in [9.17, 15) is 0 Å². The number of rotatable bonds is 3. The molecule has 2 rings (SSSR count). The molecular formula is C10H17N3O2. The predicted molar refractivity (Wildman–Crippen MR) is 54.2 cm³/mol. The molecule has 1 aromatic heterocycles. The van der Waals surface area contributed by atoms with Crippen molar-refractivity contribution in [2.45, 2.75) is 38.1 Å². The highest BCUT2D eigenvalue weighted by Crippen LogP contribution is 2.25. The SMILES string of the molecule is CCCc1nc(C2(N)CCCOC2)no1. The summed E-state index contributed by atoms with van der Waals surface area (Å²) in [7, 11) is 0. The van der Waals surface area contributed by atoms with Crippen molar-refractivity contribution in [3.05, 3.63) is 11.7 Å². The monoisotopic (exact) mass is 211 g/mol. The minimum Gasteiger partial charge on any atom is -0.379 e. The highest BCUT2D eigenvalue weighted by molar-refractivity contribution is 5.05. The molecule has 2 N–H and O–H groups in total. The minimum absolute atomic E-state index is 0.484. The average molecular weight is 211 g/mol. The first-order valence-corrected chi connectivity index (χ1v) is 5.44. The van der Waals surface area contributed by atoms with Gasteiger partial charge in [-0.1, -0.05) is 12.1 Å². The van der Waals surface area contributed by atoms with Gasteiger partial charge in [0, 0.05) is 13.0 Å². The molecule has 1 aliphatic rings. The fraction of sp³-hybridized carbons (Fsp3) is 0.800. The van der Waals surface area contributed by atoms with E-state index in [1.54, 1.807) is 0 Å². The lowest BCUT2D eigenvalue weighted by Crippen LogP contribution is -2.45. The summed E-state index contributed by atoms with van der Waals surface area (Å²) in [6.45, 7) is 3.34. The molecule has 1 saturated heterocycles. The zero-order valence-corrected chi connectivity index (χ0v) is 9.03. The molecule has 2 heterocycles. The summed E-state index contributed by atoms with van der Waals surface area (Å²) in [6, 6.07) is 0. The van der Waals surface area contributed by atoms with Crippen LogP contribution in [-0.4, -0.2) is 23.4 Å². The van der Waals surface area contributed by atoms with Gasteiger partial charge in [-0.3, -0.25) is 0 Å². The molecule has 0 aromatic carbocycles. The number of hydrogen-bond acceptors (Lipinski definition) is 5. The highest BCUT2D eigenvalue weighted by atomic mass is 16.5. The van der Waals surface area contributed by atoms with E-state index in [4.69, 9.17) is 15.0 Å². The first kappa shape index (κ1) is 10.6. The van der Waals surface area contributed by atoms with E-state index < -0.39 is 5.54 Å². The van der Waals surface area contributed by atoms with Crippen LogP contribution in [-0.2, 0) is 16.7 Å². The smallest absolute Gasteiger partial charge is 0.226 e. The van der Waals surface area contributed by atoms with Crippen molar-refractivity contribution in [1.82, 2.24) is 10.1 Å². The van der Waals surface area contributed by atoms with Crippen LogP contribution < -0.4 is 5.73 Å². The van der Waals surface area contributed by atoms with E-state index in [2.05, 4.69) is 17.1 Å². The second-order valence-electron chi connectivity index (χ2n) is 4.07. The summed E-state index contributed by atoms with van der Waals surface area (Å²) < 4.78 is 10.5. The summed E-state index contributed by atoms with van der Waals surface area (Å²) in [6.07, 6.45) is 3.62. The number of aromatic nitrogens is 2. The maximum Gasteiger partial charge on any atom is 0.226 e. The summed E-state index contributed by atoms with van der Waals surface area (Å²) in [5, 5.41) is 3.94. The number of nitrogens with two attached hydrogens (primary N) is 1. The summed E-state index contributed by atoms with van der Waals surface area (Å²) in [5.41, 5.74) is 5.63. The van der Waals surface area contributed by atoms with Crippen molar-refractivity contribution in [1.29, 1.82) is 0 Å². The Balaban J connectivity index is 2.12. The molecule has 0 radical (unpaired) electrons. The topological polar surface area (TPSA) is 74.2 Å². The fourth-order valence-corrected chi connectivity index (χ4v) is 1.77. The molecule has 0 aliphatic carbocycles. The fourth-order valence-electron chi connectivity index (χ4n) is 1.77. The van der Waals surface area contributed by atoms with Crippen LogP contribution in [0.1, 0.15) is 37.9 Å². The summed E-state index contributed by atoms with van der Waals surface area (Å²) in [5.74, 6) is 1.26. The van der Waals surface area contributed by atoms with E-state index >= 15 is 0 Å². The van der Waals surface area contributed by atoms with E-state index in [1.165, 1.54) is 0 Å². The van der Waals surface area contributed by atoms with Crippen LogP contribution in [0.3, 0.4) is 0 Å². The van der Waals surface area contributed by atoms with E-state index in [0.29, 0.717) is 18.3 Å². The van der Waals surface area contributed by atoms with Gasteiger partial charge in [0.1, 0.15) is 5.54 Å². The zero-order valence-electron chi connectivity index (χ0n) is 9.03. The molecule has 84 valence electrons. The van der Waals surface area contributed by atoms with Gasteiger partial charge in [-0.15, -0.1) is 0 Å². The number of nitrogens with zero attached hydrogens (tertiary/aromatic N) is 2. The molecule has 1 aromatic rings. The van der Waals surface area contributed by atoms with Gasteiger partial charge >= 0.3 is 0 Å². The average Bonchev–Trinajstić information content (AvgIpc) is 2.69. The first-order chi connectivity index (χ1) is 7.24. The normalized spacial score (nSPS) is 26.8. The number of ether oxygens (including phenoxy) is 1. The van der Waals surface area contributed by atoms with Gasteiger partial charge in [-0.25, -0.2) is 0 Å². The lowest BCUT2D eigenvalue weighted by Gasteiger charge is -2.29. The number of hydrogen-bond donors (Lipinski definition) is 1. The van der Waals surface area contributed by atoms with Crippen LogP contribution in [0.2, 0.25) is 0 Å². The lowest BCUT2D eigenvalue weighted by molar-refractivity contribution is 0.0320. The van der Waals surface area contributed by atoms with E-state index in [1.807, 2.05) is 0 Å². The number of aryl methyl sites for hydroxylation is 1. The molecule has 15 heavy (non-hydrogen) atoms. The Bertz CT molecular complexity index is 318. The Morgan fingerprint density at radius 1 is 1.53 bits per heavy atom. The summed E-state index contributed by atoms with van der Waals surface area (Å²) in [4.78, 5) is 4.31. The molecule has 0 spiro atoms. The van der Waals surface area contributed by atoms with Crippen LogP contribution >= 0.6 is 0 Å². The Labute approximate surface area is 89.0 Å². The van der Waals surface area contributed by atoms with Crippen LogP contribution in [0, 0.1) is 0 Å². The van der Waals surface area contributed by atoms with Gasteiger partial charge in [0.25, 0.3) is 0 Å². The minimum atomic E-state index is -0.548. The van der Waals surface area contributed by atoms with Crippen LogP contribution in [0.25, 0.3) is 0 Å². The van der Waals surface area contributed by atoms with Gasteiger partial charge in [0.2, 0.25) is 5.89 Å².